The lowest BCUT2D eigenvalue weighted by Gasteiger charge is -2.14. The number of carboxylic acid groups (broad SMARTS) is 1. The van der Waals surface area contributed by atoms with E-state index in [2.05, 4.69) is 26.8 Å². The van der Waals surface area contributed by atoms with E-state index in [-0.39, 0.29) is 18.1 Å². The molecule has 1 aliphatic rings. The molecule has 3 nitrogen and oxygen atoms in total. The summed E-state index contributed by atoms with van der Waals surface area (Å²) in [6.07, 6.45) is 14.0. The number of halogens is 1. The topological polar surface area (TPSA) is 54.4 Å². The summed E-state index contributed by atoms with van der Waals surface area (Å²) < 4.78 is 0. The Bertz CT molecular complexity index is 568. The Morgan fingerprint density at radius 2 is 1.96 bits per heavy atom. The number of carbonyl (C=O) groups excluding carboxylic acids is 1. The normalized spacial score (nSPS) is 19.5. The Kier molecular flexibility index (Phi) is 10.6. The summed E-state index contributed by atoms with van der Waals surface area (Å²) in [7, 11) is 0. The molecule has 1 rings (SSSR count). The molecule has 0 heterocycles. The first-order chi connectivity index (χ1) is 12.3. The van der Waals surface area contributed by atoms with Crippen molar-refractivity contribution < 1.29 is 14.7 Å². The minimum absolute atomic E-state index is 0.0283. The van der Waals surface area contributed by atoms with Crippen molar-refractivity contribution in [3.8, 4) is 0 Å². The van der Waals surface area contributed by atoms with Gasteiger partial charge in [-0.25, -0.2) is 0 Å². The highest BCUT2D eigenvalue weighted by Gasteiger charge is 2.28. The number of aliphatic carboxylic acids is 1. The zero-order chi connectivity index (χ0) is 19.5. The fraction of sp³-hybridized carbons (Fsp3) is 0.636. The molecule has 2 atom stereocenters. The minimum atomic E-state index is -0.746. The molecule has 146 valence electrons. The summed E-state index contributed by atoms with van der Waals surface area (Å²) in [5, 5.41) is 9.00. The van der Waals surface area contributed by atoms with Gasteiger partial charge in [-0.15, -0.1) is 0 Å². The molecule has 0 bridgehead atoms. The molecule has 4 heteroatoms. The zero-order valence-electron chi connectivity index (χ0n) is 16.4. The van der Waals surface area contributed by atoms with Gasteiger partial charge in [-0.1, -0.05) is 48.7 Å². The average molecular weight is 381 g/mol. The van der Waals surface area contributed by atoms with E-state index in [1.54, 1.807) is 0 Å². The van der Waals surface area contributed by atoms with E-state index in [0.29, 0.717) is 17.4 Å². The number of hydrogen-bond acceptors (Lipinski definition) is 2. The summed E-state index contributed by atoms with van der Waals surface area (Å²) in [6.45, 7) is 6.52. The van der Waals surface area contributed by atoms with Crippen LogP contribution in [-0.4, -0.2) is 16.9 Å². The fourth-order valence-corrected chi connectivity index (χ4v) is 3.51. The van der Waals surface area contributed by atoms with Gasteiger partial charge in [0, 0.05) is 17.9 Å². The van der Waals surface area contributed by atoms with Gasteiger partial charge in [-0.2, -0.15) is 0 Å². The van der Waals surface area contributed by atoms with Gasteiger partial charge in [0.25, 0.3) is 0 Å². The van der Waals surface area contributed by atoms with Gasteiger partial charge in [0.2, 0.25) is 0 Å². The Morgan fingerprint density at radius 3 is 2.62 bits per heavy atom. The highest BCUT2D eigenvalue weighted by Crippen LogP contribution is 2.34. The first-order valence-electron chi connectivity index (χ1n) is 9.78. The van der Waals surface area contributed by atoms with Gasteiger partial charge >= 0.3 is 5.97 Å². The van der Waals surface area contributed by atoms with Gasteiger partial charge < -0.3 is 5.11 Å². The maximum Gasteiger partial charge on any atom is 0.303 e. The summed E-state index contributed by atoms with van der Waals surface area (Å²) >= 11 is 6.08. The van der Waals surface area contributed by atoms with Crippen LogP contribution in [0.25, 0.3) is 0 Å². The van der Waals surface area contributed by atoms with Crippen molar-refractivity contribution in [3.05, 3.63) is 34.4 Å². The zero-order valence-corrected chi connectivity index (χ0v) is 17.1. The number of allylic oxidation sites excluding steroid dienone is 6. The predicted molar refractivity (Wildman–Crippen MR) is 108 cm³/mol. The number of hydrogen-bond donors (Lipinski definition) is 1. The second-order valence-electron chi connectivity index (χ2n) is 7.64. The molecule has 0 spiro atoms. The molecular weight excluding hydrogens is 348 g/mol. The largest absolute Gasteiger partial charge is 0.481 e. The van der Waals surface area contributed by atoms with Crippen molar-refractivity contribution in [3.63, 3.8) is 0 Å². The maximum atomic E-state index is 12.3. The molecule has 2 unspecified atom stereocenters. The summed E-state index contributed by atoms with van der Waals surface area (Å²) in [6, 6.07) is 0. The third-order valence-electron chi connectivity index (χ3n) is 4.87. The van der Waals surface area contributed by atoms with E-state index in [1.807, 2.05) is 12.2 Å². The van der Waals surface area contributed by atoms with E-state index >= 15 is 0 Å². The van der Waals surface area contributed by atoms with Crippen LogP contribution in [-0.2, 0) is 9.59 Å². The molecule has 0 aromatic carbocycles. The average Bonchev–Trinajstić information content (AvgIpc) is 2.83. The fourth-order valence-electron chi connectivity index (χ4n) is 3.25. The second-order valence-corrected chi connectivity index (χ2v) is 8.05. The van der Waals surface area contributed by atoms with Crippen LogP contribution < -0.4 is 0 Å². The van der Waals surface area contributed by atoms with Gasteiger partial charge in [0.05, 0.1) is 5.03 Å². The molecule has 1 N–H and O–H groups in total. The van der Waals surface area contributed by atoms with Gasteiger partial charge in [0.1, 0.15) is 0 Å². The molecule has 0 saturated carbocycles. The van der Waals surface area contributed by atoms with Crippen molar-refractivity contribution in [2.75, 3.05) is 0 Å². The number of carbonyl (C=O) groups is 2. The van der Waals surface area contributed by atoms with E-state index in [4.69, 9.17) is 16.7 Å². The minimum Gasteiger partial charge on any atom is -0.481 e. The highest BCUT2D eigenvalue weighted by molar-refractivity contribution is 6.46. The van der Waals surface area contributed by atoms with Crippen molar-refractivity contribution in [2.45, 2.75) is 78.6 Å². The van der Waals surface area contributed by atoms with Crippen molar-refractivity contribution in [1.82, 2.24) is 0 Å². The molecule has 0 aromatic heterocycles. The lowest BCUT2D eigenvalue weighted by Crippen LogP contribution is -2.06. The van der Waals surface area contributed by atoms with Crippen molar-refractivity contribution >= 4 is 23.4 Å². The van der Waals surface area contributed by atoms with Crippen LogP contribution in [0.1, 0.15) is 78.6 Å². The Balaban J connectivity index is 2.43. The van der Waals surface area contributed by atoms with Crippen LogP contribution in [0, 0.1) is 11.8 Å². The molecule has 0 aliphatic heterocycles. The molecule has 0 radical (unpaired) electrons. The summed E-state index contributed by atoms with van der Waals surface area (Å²) in [5.41, 5.74) is 2.20. The molecule has 0 fully saturated rings. The third kappa shape index (κ3) is 8.84. The van der Waals surface area contributed by atoms with Crippen LogP contribution in [0.15, 0.2) is 34.4 Å². The number of rotatable bonds is 12. The molecule has 0 amide bonds. The first kappa shape index (κ1) is 22.7. The van der Waals surface area contributed by atoms with Crippen molar-refractivity contribution in [1.29, 1.82) is 0 Å². The quantitative estimate of drug-likeness (QED) is 0.241. The Labute approximate surface area is 163 Å². The number of ketones is 1. The lowest BCUT2D eigenvalue weighted by atomic mass is 9.90. The van der Waals surface area contributed by atoms with Gasteiger partial charge in [-0.05, 0) is 64.7 Å². The van der Waals surface area contributed by atoms with Crippen LogP contribution in [0.3, 0.4) is 0 Å². The second kappa shape index (κ2) is 12.1. The maximum absolute atomic E-state index is 12.3. The number of unbranched alkanes of at least 4 members (excludes halogenated alkanes) is 3. The predicted octanol–water partition coefficient (Wildman–Crippen LogP) is 6.43. The first-order valence-corrected chi connectivity index (χ1v) is 10.2. The number of Topliss-reactive ketones (excluding diaryl/α,β-unsaturated/α-hetero) is 1. The number of carboxylic acids is 1. The van der Waals surface area contributed by atoms with Gasteiger partial charge in [0.15, 0.2) is 5.78 Å². The van der Waals surface area contributed by atoms with E-state index < -0.39 is 5.97 Å². The SMILES string of the molecule is CC(C)=CCCC(C)CCC1C=C(Cl)C(=O)C1=CCCCCCC(=O)O. The molecule has 1 aliphatic carbocycles. The van der Waals surface area contributed by atoms with Crippen LogP contribution >= 0.6 is 11.6 Å². The standard InChI is InChI=1S/C22H33ClO3/c1-16(2)9-8-10-17(3)13-14-18-15-20(23)22(26)19(18)11-6-4-5-7-12-21(24)25/h9,11,15,17-18H,4-8,10,12-14H2,1-3H3,(H,24,25). The smallest absolute Gasteiger partial charge is 0.303 e. The van der Waals surface area contributed by atoms with E-state index in [9.17, 15) is 9.59 Å². The highest BCUT2D eigenvalue weighted by atomic mass is 35.5. The van der Waals surface area contributed by atoms with Crippen LogP contribution in [0.4, 0.5) is 0 Å². The molecular formula is C22H33ClO3. The Morgan fingerprint density at radius 1 is 1.23 bits per heavy atom. The van der Waals surface area contributed by atoms with Crippen molar-refractivity contribution in [2.24, 2.45) is 11.8 Å². The third-order valence-corrected chi connectivity index (χ3v) is 5.17. The summed E-state index contributed by atoms with van der Waals surface area (Å²) in [5.74, 6) is -0.00542. The van der Waals surface area contributed by atoms with Crippen LogP contribution in [0.5, 0.6) is 0 Å². The van der Waals surface area contributed by atoms with E-state index in [1.165, 1.54) is 12.0 Å². The summed E-state index contributed by atoms with van der Waals surface area (Å²) in [4.78, 5) is 22.8. The molecule has 0 aromatic rings. The monoisotopic (exact) mass is 380 g/mol. The molecule has 26 heavy (non-hydrogen) atoms. The van der Waals surface area contributed by atoms with Crippen LogP contribution in [0.2, 0.25) is 0 Å². The van der Waals surface area contributed by atoms with E-state index in [0.717, 1.165) is 44.1 Å². The Hall–Kier alpha value is -1.35. The van der Waals surface area contributed by atoms with Gasteiger partial charge in [-0.3, -0.25) is 9.59 Å². The molecule has 0 saturated heterocycles. The lowest BCUT2D eigenvalue weighted by molar-refractivity contribution is -0.137.